The SMILES string of the molecule is CC(=O)N1C[C@H]2CC(c3ccc(CCCOc4c(F)ccc(F)c4F)cc3)=C[C@H](N2)C1C(=O)N(Cc1ccccc1Br)C1CC1. The van der Waals surface area contributed by atoms with E-state index in [-0.39, 0.29) is 36.5 Å². The van der Waals surface area contributed by atoms with Crippen LogP contribution >= 0.6 is 15.9 Å². The highest BCUT2D eigenvalue weighted by Crippen LogP contribution is 2.35. The van der Waals surface area contributed by atoms with E-state index in [9.17, 15) is 22.8 Å². The van der Waals surface area contributed by atoms with Gasteiger partial charge < -0.3 is 19.9 Å². The zero-order chi connectivity index (χ0) is 31.7. The van der Waals surface area contributed by atoms with Crippen molar-refractivity contribution in [3.8, 4) is 5.75 Å². The molecule has 45 heavy (non-hydrogen) atoms. The van der Waals surface area contributed by atoms with Crippen molar-refractivity contribution in [2.24, 2.45) is 0 Å². The fourth-order valence-corrected chi connectivity index (χ4v) is 6.74. The first kappa shape index (κ1) is 31.4. The van der Waals surface area contributed by atoms with Crippen LogP contribution in [0.25, 0.3) is 5.57 Å². The highest BCUT2D eigenvalue weighted by atomic mass is 79.9. The van der Waals surface area contributed by atoms with Crippen LogP contribution in [0.15, 0.2) is 71.2 Å². The second-order valence-corrected chi connectivity index (χ2v) is 12.9. The molecule has 1 N–H and O–H groups in total. The number of fused-ring (bicyclic) bond motifs is 2. The van der Waals surface area contributed by atoms with E-state index < -0.39 is 29.2 Å². The molecule has 2 amide bonds. The molecule has 3 aromatic carbocycles. The molecular weight excluding hydrogens is 647 g/mol. The summed E-state index contributed by atoms with van der Waals surface area (Å²) in [5.74, 6) is -4.23. The molecule has 3 aromatic rings. The Morgan fingerprint density at radius 3 is 2.47 bits per heavy atom. The smallest absolute Gasteiger partial charge is 0.247 e. The lowest BCUT2D eigenvalue weighted by Crippen LogP contribution is -2.68. The van der Waals surface area contributed by atoms with Gasteiger partial charge in [0.25, 0.3) is 0 Å². The fourth-order valence-electron chi connectivity index (χ4n) is 6.33. The van der Waals surface area contributed by atoms with Gasteiger partial charge in [0.15, 0.2) is 17.4 Å². The summed E-state index contributed by atoms with van der Waals surface area (Å²) in [6.07, 6.45) is 5.85. The van der Waals surface area contributed by atoms with Crippen molar-refractivity contribution in [2.45, 2.75) is 69.7 Å². The van der Waals surface area contributed by atoms with Gasteiger partial charge in [-0.2, -0.15) is 4.39 Å². The molecule has 2 bridgehead atoms. The number of piperazine rings is 1. The van der Waals surface area contributed by atoms with Crippen molar-refractivity contribution in [1.29, 1.82) is 0 Å². The molecule has 6 nitrogen and oxygen atoms in total. The van der Waals surface area contributed by atoms with E-state index in [0.717, 1.165) is 58.1 Å². The van der Waals surface area contributed by atoms with Crippen molar-refractivity contribution >= 4 is 33.3 Å². The number of benzene rings is 3. The molecule has 2 aliphatic heterocycles. The van der Waals surface area contributed by atoms with Gasteiger partial charge in [0.2, 0.25) is 17.6 Å². The zero-order valence-corrected chi connectivity index (χ0v) is 26.5. The van der Waals surface area contributed by atoms with Gasteiger partial charge in [-0.25, -0.2) is 8.78 Å². The Morgan fingerprint density at radius 2 is 1.76 bits per heavy atom. The van der Waals surface area contributed by atoms with Gasteiger partial charge >= 0.3 is 0 Å². The number of hydrogen-bond acceptors (Lipinski definition) is 4. The Kier molecular flexibility index (Phi) is 9.33. The van der Waals surface area contributed by atoms with Crippen LogP contribution in [0.5, 0.6) is 5.75 Å². The summed E-state index contributed by atoms with van der Waals surface area (Å²) >= 11 is 3.62. The number of amides is 2. The minimum absolute atomic E-state index is 0.0287. The predicted octanol–water partition coefficient (Wildman–Crippen LogP) is 6.41. The molecule has 0 spiro atoms. The van der Waals surface area contributed by atoms with Crippen LogP contribution < -0.4 is 10.1 Å². The number of nitrogens with one attached hydrogen (secondary N) is 1. The van der Waals surface area contributed by atoms with E-state index in [0.29, 0.717) is 25.9 Å². The van der Waals surface area contributed by atoms with Crippen molar-refractivity contribution in [2.75, 3.05) is 13.2 Å². The first-order valence-electron chi connectivity index (χ1n) is 15.3. The maximum Gasteiger partial charge on any atom is 0.247 e. The predicted molar refractivity (Wildman–Crippen MR) is 169 cm³/mol. The Balaban J connectivity index is 1.14. The molecule has 2 fully saturated rings. The number of hydrogen-bond donors (Lipinski definition) is 1. The first-order chi connectivity index (χ1) is 21.7. The Hall–Kier alpha value is -3.63. The minimum Gasteiger partial charge on any atom is -0.488 e. The topological polar surface area (TPSA) is 61.9 Å². The number of ether oxygens (including phenoxy) is 1. The average molecular weight is 683 g/mol. The van der Waals surface area contributed by atoms with Crippen LogP contribution in [0, 0.1) is 17.5 Å². The fraction of sp³-hybridized carbons (Fsp3) is 0.371. The second-order valence-electron chi connectivity index (χ2n) is 12.0. The number of nitrogens with zero attached hydrogens (tertiary/aromatic N) is 2. The lowest BCUT2D eigenvalue weighted by atomic mass is 9.85. The molecule has 3 atom stereocenters. The Bertz CT molecular complexity index is 1610. The maximum atomic E-state index is 14.2. The largest absolute Gasteiger partial charge is 0.488 e. The van der Waals surface area contributed by atoms with Gasteiger partial charge in [0, 0.05) is 36.6 Å². The maximum absolute atomic E-state index is 14.2. The van der Waals surface area contributed by atoms with Gasteiger partial charge in [-0.15, -0.1) is 0 Å². The van der Waals surface area contributed by atoms with Crippen LogP contribution in [0.1, 0.15) is 49.3 Å². The monoisotopic (exact) mass is 681 g/mol. The number of carbonyl (C=O) groups excluding carboxylic acids is 2. The van der Waals surface area contributed by atoms with Crippen molar-refractivity contribution < 1.29 is 27.5 Å². The quantitative estimate of drug-likeness (QED) is 0.198. The van der Waals surface area contributed by atoms with Crippen LogP contribution in [0.2, 0.25) is 0 Å². The number of rotatable bonds is 10. The summed E-state index contributed by atoms with van der Waals surface area (Å²) < 4.78 is 47.2. The Labute approximate surface area is 269 Å². The molecule has 0 aromatic heterocycles. The van der Waals surface area contributed by atoms with Gasteiger partial charge in [0.05, 0.1) is 12.6 Å². The van der Waals surface area contributed by atoms with E-state index in [4.69, 9.17) is 4.74 Å². The van der Waals surface area contributed by atoms with E-state index in [1.54, 1.807) is 4.90 Å². The zero-order valence-electron chi connectivity index (χ0n) is 24.9. The molecular formula is C35H35BrF3N3O3. The number of halogens is 4. The van der Waals surface area contributed by atoms with E-state index in [2.05, 4.69) is 27.3 Å². The van der Waals surface area contributed by atoms with Crippen molar-refractivity contribution in [3.63, 3.8) is 0 Å². The molecule has 236 valence electrons. The summed E-state index contributed by atoms with van der Waals surface area (Å²) in [6, 6.07) is 16.8. The molecule has 0 radical (unpaired) electrons. The molecule has 1 aliphatic carbocycles. The average Bonchev–Trinajstić information content (AvgIpc) is 3.87. The van der Waals surface area contributed by atoms with Crippen LogP contribution in [0.3, 0.4) is 0 Å². The van der Waals surface area contributed by atoms with Crippen LogP contribution in [-0.2, 0) is 22.6 Å². The van der Waals surface area contributed by atoms with Crippen LogP contribution in [-0.4, -0.2) is 58.9 Å². The summed E-state index contributed by atoms with van der Waals surface area (Å²) in [6.45, 7) is 2.52. The van der Waals surface area contributed by atoms with Gasteiger partial charge in [-0.1, -0.05) is 64.5 Å². The summed E-state index contributed by atoms with van der Waals surface area (Å²) in [7, 11) is 0. The number of carbonyl (C=O) groups is 2. The molecule has 1 saturated carbocycles. The van der Waals surface area contributed by atoms with Gasteiger partial charge in [-0.3, -0.25) is 9.59 Å². The van der Waals surface area contributed by atoms with Gasteiger partial charge in [-0.05, 0) is 72.6 Å². The first-order valence-corrected chi connectivity index (χ1v) is 16.1. The van der Waals surface area contributed by atoms with E-state index in [1.807, 2.05) is 53.4 Å². The van der Waals surface area contributed by atoms with E-state index >= 15 is 0 Å². The molecule has 2 heterocycles. The molecule has 1 saturated heterocycles. The summed E-state index contributed by atoms with van der Waals surface area (Å²) in [5.41, 5.74) is 4.24. The third-order valence-electron chi connectivity index (χ3n) is 8.78. The lowest BCUT2D eigenvalue weighted by Gasteiger charge is -2.47. The van der Waals surface area contributed by atoms with Gasteiger partial charge in [0.1, 0.15) is 6.04 Å². The standard InChI is InChI=1S/C35H35BrF3N3O3/c1-21(43)41-20-26-17-25(23-10-8-22(9-11-23)5-4-16-45-34-30(38)15-14-29(37)32(34)39)18-31(40-26)33(41)35(44)42(27-12-13-27)19-24-6-2-3-7-28(24)36/h2-3,6-11,14-15,18,26-27,31,33,40H,4-5,12-13,16-17,19-20H2,1H3/t26-,31+,33?/m1/s1. The molecule has 6 rings (SSSR count). The Morgan fingerprint density at radius 1 is 1.02 bits per heavy atom. The van der Waals surface area contributed by atoms with Crippen molar-refractivity contribution in [1.82, 2.24) is 15.1 Å². The number of aryl methyl sites for hydroxylation is 1. The molecule has 3 aliphatic rings. The third-order valence-corrected chi connectivity index (χ3v) is 9.55. The highest BCUT2D eigenvalue weighted by Gasteiger charge is 2.46. The summed E-state index contributed by atoms with van der Waals surface area (Å²) in [5, 5.41) is 3.61. The molecule has 1 unspecified atom stereocenters. The summed E-state index contributed by atoms with van der Waals surface area (Å²) in [4.78, 5) is 30.8. The lowest BCUT2D eigenvalue weighted by molar-refractivity contribution is -0.149. The second kappa shape index (κ2) is 13.4. The van der Waals surface area contributed by atoms with Crippen LogP contribution in [0.4, 0.5) is 13.2 Å². The van der Waals surface area contributed by atoms with E-state index in [1.165, 1.54) is 6.92 Å². The normalized spacial score (nSPS) is 20.9. The molecule has 10 heteroatoms. The highest BCUT2D eigenvalue weighted by molar-refractivity contribution is 9.10. The van der Waals surface area contributed by atoms with Crippen molar-refractivity contribution in [3.05, 3.63) is 105 Å². The minimum atomic E-state index is -1.32. The third kappa shape index (κ3) is 6.97.